The van der Waals surface area contributed by atoms with Crippen molar-refractivity contribution in [2.24, 2.45) is 0 Å². The van der Waals surface area contributed by atoms with E-state index in [9.17, 15) is 4.79 Å². The molecule has 0 aliphatic carbocycles. The minimum Gasteiger partial charge on any atom is -0.357 e. The molecule has 0 spiro atoms. The molecule has 0 radical (unpaired) electrons. The van der Waals surface area contributed by atoms with Crippen LogP contribution in [0.15, 0.2) is 24.3 Å². The van der Waals surface area contributed by atoms with Gasteiger partial charge in [-0.3, -0.25) is 9.69 Å². The van der Waals surface area contributed by atoms with E-state index in [-0.39, 0.29) is 0 Å². The SMILES string of the molecule is O=C1CCN2CCc3c([nH]c4ccccc34)[C@@H]2C1. The molecule has 3 nitrogen and oxygen atoms in total. The van der Waals surface area contributed by atoms with Crippen molar-refractivity contribution < 1.29 is 4.79 Å². The Bertz CT molecular complexity index is 628. The molecule has 92 valence electrons. The molecule has 3 heterocycles. The van der Waals surface area contributed by atoms with Crippen molar-refractivity contribution in [3.8, 4) is 0 Å². The molecule has 1 N–H and O–H groups in total. The summed E-state index contributed by atoms with van der Waals surface area (Å²) in [5.41, 5.74) is 3.93. The number of para-hydroxylation sites is 1. The van der Waals surface area contributed by atoms with Crippen LogP contribution in [-0.4, -0.2) is 28.8 Å². The predicted octanol–water partition coefficient (Wildman–Crippen LogP) is 2.43. The van der Waals surface area contributed by atoms with Gasteiger partial charge in [0.1, 0.15) is 5.78 Å². The van der Waals surface area contributed by atoms with E-state index in [0.717, 1.165) is 25.9 Å². The van der Waals surface area contributed by atoms with E-state index in [4.69, 9.17) is 0 Å². The first-order valence-corrected chi connectivity index (χ1v) is 6.68. The summed E-state index contributed by atoms with van der Waals surface area (Å²) in [7, 11) is 0. The molecule has 1 aromatic heterocycles. The average Bonchev–Trinajstić information content (AvgIpc) is 2.78. The highest BCUT2D eigenvalue weighted by molar-refractivity contribution is 5.86. The van der Waals surface area contributed by atoms with Gasteiger partial charge >= 0.3 is 0 Å². The Labute approximate surface area is 106 Å². The molecule has 3 heteroatoms. The number of aromatic nitrogens is 1. The molecule has 1 atom stereocenters. The van der Waals surface area contributed by atoms with Crippen LogP contribution in [0.2, 0.25) is 0 Å². The number of piperidine rings is 1. The number of hydrogen-bond acceptors (Lipinski definition) is 2. The lowest BCUT2D eigenvalue weighted by molar-refractivity contribution is -0.123. The topological polar surface area (TPSA) is 36.1 Å². The van der Waals surface area contributed by atoms with Crippen LogP contribution in [0.1, 0.15) is 30.1 Å². The number of ketones is 1. The van der Waals surface area contributed by atoms with Gasteiger partial charge in [-0.05, 0) is 18.1 Å². The summed E-state index contributed by atoms with van der Waals surface area (Å²) in [6.45, 7) is 2.02. The number of fused-ring (bicyclic) bond motifs is 5. The van der Waals surface area contributed by atoms with Gasteiger partial charge in [-0.1, -0.05) is 18.2 Å². The van der Waals surface area contributed by atoms with E-state index >= 15 is 0 Å². The van der Waals surface area contributed by atoms with Gasteiger partial charge in [-0.25, -0.2) is 0 Å². The minimum absolute atomic E-state index is 0.294. The van der Waals surface area contributed by atoms with Gasteiger partial charge in [-0.2, -0.15) is 0 Å². The molecule has 4 rings (SSSR count). The fourth-order valence-corrected chi connectivity index (χ4v) is 3.45. The molecule has 1 saturated heterocycles. The Morgan fingerprint density at radius 3 is 2.94 bits per heavy atom. The molecule has 2 aliphatic heterocycles. The molecular formula is C15H16N2O. The quantitative estimate of drug-likeness (QED) is 0.767. The number of rotatable bonds is 0. The summed E-state index contributed by atoms with van der Waals surface area (Å²) in [6, 6.07) is 8.76. The third kappa shape index (κ3) is 1.37. The second-order valence-corrected chi connectivity index (χ2v) is 5.36. The van der Waals surface area contributed by atoms with E-state index in [0.29, 0.717) is 18.2 Å². The molecule has 18 heavy (non-hydrogen) atoms. The number of aromatic amines is 1. The molecule has 2 aliphatic rings. The molecule has 0 saturated carbocycles. The number of carbonyl (C=O) groups excluding carboxylic acids is 1. The molecule has 2 aromatic rings. The van der Waals surface area contributed by atoms with Crippen molar-refractivity contribution in [1.82, 2.24) is 9.88 Å². The van der Waals surface area contributed by atoms with Crippen molar-refractivity contribution in [2.75, 3.05) is 13.1 Å². The number of carbonyl (C=O) groups is 1. The maximum Gasteiger partial charge on any atom is 0.136 e. The summed E-state index contributed by atoms with van der Waals surface area (Å²) in [4.78, 5) is 17.7. The van der Waals surface area contributed by atoms with Gasteiger partial charge in [-0.15, -0.1) is 0 Å². The largest absolute Gasteiger partial charge is 0.357 e. The Hall–Kier alpha value is -1.61. The maximum atomic E-state index is 11.7. The molecule has 0 amide bonds. The lowest BCUT2D eigenvalue weighted by atomic mass is 9.90. The molecular weight excluding hydrogens is 224 g/mol. The Balaban J connectivity index is 1.88. The first kappa shape index (κ1) is 10.3. The monoisotopic (exact) mass is 240 g/mol. The molecule has 1 aromatic carbocycles. The zero-order chi connectivity index (χ0) is 12.1. The summed E-state index contributed by atoms with van der Waals surface area (Å²) >= 11 is 0. The third-order valence-corrected chi connectivity index (χ3v) is 4.37. The maximum absolute atomic E-state index is 11.7. The number of H-pyrrole nitrogens is 1. The first-order valence-electron chi connectivity index (χ1n) is 6.68. The third-order valence-electron chi connectivity index (χ3n) is 4.37. The smallest absolute Gasteiger partial charge is 0.136 e. The number of nitrogens with one attached hydrogen (secondary N) is 1. The highest BCUT2D eigenvalue weighted by Crippen LogP contribution is 2.38. The van der Waals surface area contributed by atoms with Crippen molar-refractivity contribution in [3.05, 3.63) is 35.5 Å². The second kappa shape index (κ2) is 3.69. The van der Waals surface area contributed by atoms with Gasteiger partial charge < -0.3 is 4.98 Å². The van der Waals surface area contributed by atoms with Crippen LogP contribution in [0.5, 0.6) is 0 Å². The van der Waals surface area contributed by atoms with Crippen molar-refractivity contribution in [1.29, 1.82) is 0 Å². The number of hydrogen-bond donors (Lipinski definition) is 1. The fraction of sp³-hybridized carbons (Fsp3) is 0.400. The van der Waals surface area contributed by atoms with Crippen LogP contribution in [0, 0.1) is 0 Å². The first-order chi connectivity index (χ1) is 8.83. The van der Waals surface area contributed by atoms with E-state index in [1.807, 2.05) is 0 Å². The van der Waals surface area contributed by atoms with Gasteiger partial charge in [0.05, 0.1) is 6.04 Å². The van der Waals surface area contributed by atoms with Crippen LogP contribution >= 0.6 is 0 Å². The van der Waals surface area contributed by atoms with Gasteiger partial charge in [0.15, 0.2) is 0 Å². The highest BCUT2D eigenvalue weighted by atomic mass is 16.1. The predicted molar refractivity (Wildman–Crippen MR) is 70.6 cm³/mol. The van der Waals surface area contributed by atoms with Crippen molar-refractivity contribution in [3.63, 3.8) is 0 Å². The Morgan fingerprint density at radius 2 is 2.00 bits per heavy atom. The number of benzene rings is 1. The summed E-state index contributed by atoms with van der Waals surface area (Å²) < 4.78 is 0. The second-order valence-electron chi connectivity index (χ2n) is 5.36. The summed E-state index contributed by atoms with van der Waals surface area (Å²) in [5.74, 6) is 0.405. The Morgan fingerprint density at radius 1 is 1.17 bits per heavy atom. The zero-order valence-electron chi connectivity index (χ0n) is 10.3. The number of nitrogens with zero attached hydrogens (tertiary/aromatic N) is 1. The van der Waals surface area contributed by atoms with Crippen LogP contribution in [0.4, 0.5) is 0 Å². The van der Waals surface area contributed by atoms with Gasteiger partial charge in [0.2, 0.25) is 0 Å². The standard InChI is InChI=1S/C15H16N2O/c18-10-5-7-17-8-6-12-11-3-1-2-4-13(11)16-15(12)14(17)9-10/h1-4,14,16H,5-9H2/t14-/m0/s1. The Kier molecular flexibility index (Phi) is 2.12. The fourth-order valence-electron chi connectivity index (χ4n) is 3.45. The summed E-state index contributed by atoms with van der Waals surface area (Å²) in [5, 5.41) is 1.34. The molecule has 0 unspecified atom stereocenters. The zero-order valence-corrected chi connectivity index (χ0v) is 10.3. The summed E-state index contributed by atoms with van der Waals surface area (Å²) in [6.07, 6.45) is 2.51. The average molecular weight is 240 g/mol. The number of Topliss-reactive ketones (excluding diaryl/α,β-unsaturated/α-hetero) is 1. The van der Waals surface area contributed by atoms with Crippen LogP contribution < -0.4 is 0 Å². The minimum atomic E-state index is 0.294. The van der Waals surface area contributed by atoms with Crippen LogP contribution in [0.3, 0.4) is 0 Å². The van der Waals surface area contributed by atoms with Crippen LogP contribution in [-0.2, 0) is 11.2 Å². The van der Waals surface area contributed by atoms with Crippen molar-refractivity contribution in [2.45, 2.75) is 25.3 Å². The van der Waals surface area contributed by atoms with Crippen molar-refractivity contribution >= 4 is 16.7 Å². The molecule has 1 fully saturated rings. The lowest BCUT2D eigenvalue weighted by Gasteiger charge is -2.38. The van der Waals surface area contributed by atoms with E-state index in [2.05, 4.69) is 34.1 Å². The van der Waals surface area contributed by atoms with E-state index < -0.39 is 0 Å². The van der Waals surface area contributed by atoms with Gasteiger partial charge in [0.25, 0.3) is 0 Å². The van der Waals surface area contributed by atoms with E-state index in [1.165, 1.54) is 22.2 Å². The van der Waals surface area contributed by atoms with Gasteiger partial charge in [0, 0.05) is 42.5 Å². The highest BCUT2D eigenvalue weighted by Gasteiger charge is 2.34. The molecule has 0 bridgehead atoms. The lowest BCUT2D eigenvalue weighted by Crippen LogP contribution is -2.41. The van der Waals surface area contributed by atoms with E-state index in [1.54, 1.807) is 0 Å². The van der Waals surface area contributed by atoms with Crippen LogP contribution in [0.25, 0.3) is 10.9 Å². The normalized spacial score (nSPS) is 24.0.